The van der Waals surface area contributed by atoms with E-state index in [-0.39, 0.29) is 5.91 Å². The Hall–Kier alpha value is -1.31. The lowest BCUT2D eigenvalue weighted by molar-refractivity contribution is 0.0940. The highest BCUT2D eigenvalue weighted by molar-refractivity contribution is 5.97. The Morgan fingerprint density at radius 2 is 2.23 bits per heavy atom. The van der Waals surface area contributed by atoms with E-state index >= 15 is 0 Å². The van der Waals surface area contributed by atoms with Crippen LogP contribution in [0.3, 0.4) is 0 Å². The van der Waals surface area contributed by atoms with Crippen molar-refractivity contribution < 1.29 is 4.79 Å². The van der Waals surface area contributed by atoms with Crippen molar-refractivity contribution in [2.24, 2.45) is 0 Å². The van der Waals surface area contributed by atoms with E-state index in [0.717, 1.165) is 18.5 Å². The maximum atomic E-state index is 11.4. The molecule has 1 amide bonds. The van der Waals surface area contributed by atoms with E-state index in [0.29, 0.717) is 5.92 Å². The summed E-state index contributed by atoms with van der Waals surface area (Å²) in [7, 11) is 0. The third-order valence-electron chi connectivity index (χ3n) is 2.65. The predicted octanol–water partition coefficient (Wildman–Crippen LogP) is 1.92. The van der Waals surface area contributed by atoms with Gasteiger partial charge >= 0.3 is 0 Å². The van der Waals surface area contributed by atoms with Crippen LogP contribution in [0.2, 0.25) is 0 Å². The summed E-state index contributed by atoms with van der Waals surface area (Å²) < 4.78 is 0. The van der Waals surface area contributed by atoms with Crippen molar-refractivity contribution in [2.75, 3.05) is 6.54 Å². The lowest BCUT2D eigenvalue weighted by Gasteiger charge is -2.24. The van der Waals surface area contributed by atoms with Gasteiger partial charge in [-0.05, 0) is 18.1 Å². The SMILES string of the molecule is CCC1CNC(=O)c2ccccc21. The van der Waals surface area contributed by atoms with Crippen LogP contribution in [0.1, 0.15) is 35.2 Å². The number of benzene rings is 1. The first kappa shape index (κ1) is 8.30. The molecular formula is C11H13NO. The van der Waals surface area contributed by atoms with E-state index in [9.17, 15) is 4.79 Å². The third-order valence-corrected chi connectivity index (χ3v) is 2.65. The maximum absolute atomic E-state index is 11.4. The largest absolute Gasteiger partial charge is 0.351 e. The first-order valence-corrected chi connectivity index (χ1v) is 4.70. The molecule has 0 spiro atoms. The van der Waals surface area contributed by atoms with Crippen LogP contribution in [0.25, 0.3) is 0 Å². The zero-order chi connectivity index (χ0) is 9.26. The summed E-state index contributed by atoms with van der Waals surface area (Å²) in [6.07, 6.45) is 1.08. The number of amides is 1. The van der Waals surface area contributed by atoms with Crippen molar-refractivity contribution in [3.63, 3.8) is 0 Å². The molecule has 1 heterocycles. The average Bonchev–Trinajstić information content (AvgIpc) is 2.19. The predicted molar refractivity (Wildman–Crippen MR) is 51.8 cm³/mol. The average molecular weight is 175 g/mol. The second-order valence-corrected chi connectivity index (χ2v) is 3.40. The number of rotatable bonds is 1. The van der Waals surface area contributed by atoms with Crippen LogP contribution in [0.4, 0.5) is 0 Å². The fraction of sp³-hybridized carbons (Fsp3) is 0.364. The van der Waals surface area contributed by atoms with Crippen LogP contribution in [-0.2, 0) is 0 Å². The molecule has 0 radical (unpaired) electrons. The van der Waals surface area contributed by atoms with Gasteiger partial charge in [0.05, 0.1) is 0 Å². The van der Waals surface area contributed by atoms with Gasteiger partial charge < -0.3 is 5.32 Å². The van der Waals surface area contributed by atoms with Gasteiger partial charge in [-0.15, -0.1) is 0 Å². The summed E-state index contributed by atoms with van der Waals surface area (Å²) >= 11 is 0. The summed E-state index contributed by atoms with van der Waals surface area (Å²) in [5.41, 5.74) is 2.05. The molecule has 0 bridgehead atoms. The Bertz CT molecular complexity index is 333. The topological polar surface area (TPSA) is 29.1 Å². The van der Waals surface area contributed by atoms with Gasteiger partial charge in [0.1, 0.15) is 0 Å². The Morgan fingerprint density at radius 3 is 3.00 bits per heavy atom. The van der Waals surface area contributed by atoms with Gasteiger partial charge in [0.15, 0.2) is 0 Å². The second-order valence-electron chi connectivity index (χ2n) is 3.40. The number of carbonyl (C=O) groups is 1. The summed E-state index contributed by atoms with van der Waals surface area (Å²) in [5, 5.41) is 2.90. The van der Waals surface area contributed by atoms with Gasteiger partial charge in [0.2, 0.25) is 0 Å². The minimum Gasteiger partial charge on any atom is -0.351 e. The van der Waals surface area contributed by atoms with Crippen molar-refractivity contribution in [3.05, 3.63) is 35.4 Å². The van der Waals surface area contributed by atoms with Crippen molar-refractivity contribution in [3.8, 4) is 0 Å². The van der Waals surface area contributed by atoms with Crippen LogP contribution < -0.4 is 5.32 Å². The summed E-state index contributed by atoms with van der Waals surface area (Å²) in [6, 6.07) is 7.87. The zero-order valence-corrected chi connectivity index (χ0v) is 7.71. The van der Waals surface area contributed by atoms with E-state index in [4.69, 9.17) is 0 Å². The molecule has 1 unspecified atom stereocenters. The van der Waals surface area contributed by atoms with E-state index in [1.807, 2.05) is 18.2 Å². The zero-order valence-electron chi connectivity index (χ0n) is 7.71. The monoisotopic (exact) mass is 175 g/mol. The van der Waals surface area contributed by atoms with E-state index in [1.165, 1.54) is 5.56 Å². The standard InChI is InChI=1S/C11H13NO/c1-2-8-7-12-11(13)10-6-4-3-5-9(8)10/h3-6,8H,2,7H2,1H3,(H,12,13). The Morgan fingerprint density at radius 1 is 1.46 bits per heavy atom. The van der Waals surface area contributed by atoms with Crippen LogP contribution in [0.5, 0.6) is 0 Å². The van der Waals surface area contributed by atoms with Crippen LogP contribution in [0, 0.1) is 0 Å². The maximum Gasteiger partial charge on any atom is 0.251 e. The molecule has 2 nitrogen and oxygen atoms in total. The highest BCUT2D eigenvalue weighted by Gasteiger charge is 2.22. The summed E-state index contributed by atoms with van der Waals surface area (Å²) in [6.45, 7) is 2.94. The number of hydrogen-bond acceptors (Lipinski definition) is 1. The first-order valence-electron chi connectivity index (χ1n) is 4.70. The number of fused-ring (bicyclic) bond motifs is 1. The molecular weight excluding hydrogens is 162 g/mol. The molecule has 13 heavy (non-hydrogen) atoms. The van der Waals surface area contributed by atoms with E-state index < -0.39 is 0 Å². The molecule has 2 rings (SSSR count). The third kappa shape index (κ3) is 1.32. The van der Waals surface area contributed by atoms with Crippen molar-refractivity contribution in [2.45, 2.75) is 19.3 Å². The molecule has 2 heteroatoms. The summed E-state index contributed by atoms with van der Waals surface area (Å²) in [5.74, 6) is 0.564. The first-order chi connectivity index (χ1) is 6.33. The van der Waals surface area contributed by atoms with Gasteiger partial charge in [-0.1, -0.05) is 25.1 Å². The molecule has 0 saturated carbocycles. The molecule has 1 N–H and O–H groups in total. The molecule has 0 aliphatic carbocycles. The fourth-order valence-electron chi connectivity index (χ4n) is 1.85. The number of hydrogen-bond donors (Lipinski definition) is 1. The van der Waals surface area contributed by atoms with Gasteiger partial charge in [0, 0.05) is 18.0 Å². The molecule has 68 valence electrons. The summed E-state index contributed by atoms with van der Waals surface area (Å²) in [4.78, 5) is 11.4. The van der Waals surface area contributed by atoms with Gasteiger partial charge in [-0.3, -0.25) is 4.79 Å². The lowest BCUT2D eigenvalue weighted by Crippen LogP contribution is -2.34. The second kappa shape index (κ2) is 3.21. The van der Waals surface area contributed by atoms with Crippen LogP contribution in [-0.4, -0.2) is 12.5 Å². The Kier molecular flexibility index (Phi) is 2.05. The van der Waals surface area contributed by atoms with Crippen molar-refractivity contribution in [1.29, 1.82) is 0 Å². The van der Waals surface area contributed by atoms with E-state index in [1.54, 1.807) is 0 Å². The van der Waals surface area contributed by atoms with Crippen LogP contribution in [0.15, 0.2) is 24.3 Å². The Labute approximate surface area is 78.0 Å². The lowest BCUT2D eigenvalue weighted by atomic mass is 9.89. The molecule has 1 aromatic rings. The van der Waals surface area contributed by atoms with Gasteiger partial charge in [-0.25, -0.2) is 0 Å². The fourth-order valence-corrected chi connectivity index (χ4v) is 1.85. The molecule has 0 saturated heterocycles. The molecule has 0 aromatic heterocycles. The number of nitrogens with one attached hydrogen (secondary N) is 1. The molecule has 1 aliphatic heterocycles. The molecule has 1 aliphatic rings. The smallest absolute Gasteiger partial charge is 0.251 e. The molecule has 1 aromatic carbocycles. The van der Waals surface area contributed by atoms with Crippen LogP contribution >= 0.6 is 0 Å². The minimum atomic E-state index is 0.0697. The highest BCUT2D eigenvalue weighted by atomic mass is 16.1. The Balaban J connectivity index is 2.47. The quantitative estimate of drug-likeness (QED) is 0.694. The molecule has 0 fully saturated rings. The van der Waals surface area contributed by atoms with Gasteiger partial charge in [-0.2, -0.15) is 0 Å². The van der Waals surface area contributed by atoms with E-state index in [2.05, 4.69) is 18.3 Å². The normalized spacial score (nSPS) is 20.7. The van der Waals surface area contributed by atoms with Crippen molar-refractivity contribution >= 4 is 5.91 Å². The van der Waals surface area contributed by atoms with Gasteiger partial charge in [0.25, 0.3) is 5.91 Å². The minimum absolute atomic E-state index is 0.0697. The highest BCUT2D eigenvalue weighted by Crippen LogP contribution is 2.25. The number of carbonyl (C=O) groups excluding carboxylic acids is 1. The molecule has 1 atom stereocenters. The van der Waals surface area contributed by atoms with Crippen molar-refractivity contribution in [1.82, 2.24) is 5.32 Å².